The number of hydrogen-bond donors (Lipinski definition) is 2. The minimum Gasteiger partial charge on any atom is -0.339 e. The molecule has 0 bridgehead atoms. The Bertz CT molecular complexity index is 738. The van der Waals surface area contributed by atoms with Crippen LogP contribution in [0.4, 0.5) is 11.4 Å². The van der Waals surface area contributed by atoms with Crippen molar-refractivity contribution in [2.75, 3.05) is 17.2 Å². The van der Waals surface area contributed by atoms with Crippen LogP contribution in [0.1, 0.15) is 51.5 Å². The van der Waals surface area contributed by atoms with E-state index in [1.165, 1.54) is 12.8 Å². The molecule has 1 aliphatic heterocycles. The van der Waals surface area contributed by atoms with Gasteiger partial charge in [0.2, 0.25) is 17.7 Å². The molecule has 1 aliphatic carbocycles. The molecular weight excluding hydrogens is 342 g/mol. The Morgan fingerprint density at radius 2 is 1.85 bits per heavy atom. The predicted molar refractivity (Wildman–Crippen MR) is 105 cm³/mol. The predicted octanol–water partition coefficient (Wildman–Crippen LogP) is 3.32. The van der Waals surface area contributed by atoms with Crippen LogP contribution >= 0.6 is 0 Å². The fourth-order valence-corrected chi connectivity index (χ4v) is 3.83. The van der Waals surface area contributed by atoms with Gasteiger partial charge in [-0.05, 0) is 37.5 Å². The zero-order valence-electron chi connectivity index (χ0n) is 16.4. The number of likely N-dealkylation sites (tertiary alicyclic amines) is 1. The van der Waals surface area contributed by atoms with E-state index in [9.17, 15) is 14.4 Å². The molecule has 0 radical (unpaired) electrons. The van der Waals surface area contributed by atoms with E-state index in [0.29, 0.717) is 24.0 Å². The van der Waals surface area contributed by atoms with E-state index < -0.39 is 0 Å². The van der Waals surface area contributed by atoms with Crippen molar-refractivity contribution in [3.8, 4) is 0 Å². The Balaban J connectivity index is 1.65. The van der Waals surface area contributed by atoms with Crippen molar-refractivity contribution in [1.29, 1.82) is 0 Å². The van der Waals surface area contributed by atoms with Crippen LogP contribution in [0.5, 0.6) is 0 Å². The van der Waals surface area contributed by atoms with Gasteiger partial charge in [0.25, 0.3) is 0 Å². The third-order valence-electron chi connectivity index (χ3n) is 5.58. The Morgan fingerprint density at radius 1 is 1.15 bits per heavy atom. The molecule has 1 aromatic carbocycles. The number of anilines is 2. The highest BCUT2D eigenvalue weighted by Crippen LogP contribution is 2.30. The number of benzene rings is 1. The summed E-state index contributed by atoms with van der Waals surface area (Å²) < 4.78 is 0. The van der Waals surface area contributed by atoms with Crippen LogP contribution in [-0.2, 0) is 14.4 Å². The smallest absolute Gasteiger partial charge is 0.229 e. The monoisotopic (exact) mass is 371 g/mol. The van der Waals surface area contributed by atoms with Crippen molar-refractivity contribution in [3.05, 3.63) is 23.8 Å². The van der Waals surface area contributed by atoms with Gasteiger partial charge in [0.05, 0.1) is 5.92 Å². The number of amides is 3. The van der Waals surface area contributed by atoms with Crippen LogP contribution in [0.2, 0.25) is 0 Å². The lowest BCUT2D eigenvalue weighted by Gasteiger charge is -2.24. The van der Waals surface area contributed by atoms with Crippen molar-refractivity contribution in [3.63, 3.8) is 0 Å². The normalized spacial score (nSPS) is 20.4. The zero-order valence-corrected chi connectivity index (χ0v) is 16.4. The van der Waals surface area contributed by atoms with Crippen LogP contribution in [-0.4, -0.2) is 35.2 Å². The lowest BCUT2D eigenvalue weighted by molar-refractivity contribution is -0.130. The first-order valence-corrected chi connectivity index (χ1v) is 9.87. The summed E-state index contributed by atoms with van der Waals surface area (Å²) in [6, 6.07) is 5.79. The van der Waals surface area contributed by atoms with Crippen molar-refractivity contribution in [2.24, 2.45) is 11.8 Å². The van der Waals surface area contributed by atoms with Gasteiger partial charge in [0, 0.05) is 36.3 Å². The first kappa shape index (κ1) is 19.4. The van der Waals surface area contributed by atoms with Crippen molar-refractivity contribution < 1.29 is 14.4 Å². The summed E-state index contributed by atoms with van der Waals surface area (Å²) in [6.45, 7) is 6.09. The number of carbonyl (C=O) groups is 3. The van der Waals surface area contributed by atoms with Gasteiger partial charge in [-0.3, -0.25) is 14.4 Å². The van der Waals surface area contributed by atoms with Gasteiger partial charge in [-0.25, -0.2) is 0 Å². The number of rotatable bonds is 5. The summed E-state index contributed by atoms with van der Waals surface area (Å²) in [7, 11) is 0. The molecule has 1 unspecified atom stereocenters. The summed E-state index contributed by atoms with van der Waals surface area (Å²) in [5.41, 5.74) is 2.25. The zero-order chi connectivity index (χ0) is 19.6. The molecule has 6 heteroatoms. The molecule has 1 aromatic rings. The van der Waals surface area contributed by atoms with Crippen molar-refractivity contribution in [1.82, 2.24) is 4.90 Å². The molecule has 1 atom stereocenters. The maximum Gasteiger partial charge on any atom is 0.229 e. The summed E-state index contributed by atoms with van der Waals surface area (Å²) in [4.78, 5) is 38.9. The van der Waals surface area contributed by atoms with Gasteiger partial charge < -0.3 is 15.5 Å². The first-order valence-electron chi connectivity index (χ1n) is 9.87. The number of hydrogen-bond acceptors (Lipinski definition) is 3. The van der Waals surface area contributed by atoms with Gasteiger partial charge in [0.1, 0.15) is 0 Å². The van der Waals surface area contributed by atoms with Gasteiger partial charge in [-0.2, -0.15) is 0 Å². The maximum atomic E-state index is 12.7. The Morgan fingerprint density at radius 3 is 2.52 bits per heavy atom. The molecule has 146 valence electrons. The quantitative estimate of drug-likeness (QED) is 0.833. The second-order valence-corrected chi connectivity index (χ2v) is 8.05. The van der Waals surface area contributed by atoms with Gasteiger partial charge >= 0.3 is 0 Å². The summed E-state index contributed by atoms with van der Waals surface area (Å²) >= 11 is 0. The van der Waals surface area contributed by atoms with E-state index in [4.69, 9.17) is 0 Å². The second-order valence-electron chi connectivity index (χ2n) is 8.05. The molecule has 3 amide bonds. The second kappa shape index (κ2) is 8.11. The van der Waals surface area contributed by atoms with Gasteiger partial charge in [-0.1, -0.05) is 32.8 Å². The topological polar surface area (TPSA) is 78.5 Å². The fraction of sp³-hybridized carbons (Fsp3) is 0.571. The molecule has 3 rings (SSSR count). The minimum absolute atomic E-state index is 0.0651. The average molecular weight is 371 g/mol. The van der Waals surface area contributed by atoms with Crippen LogP contribution < -0.4 is 10.6 Å². The Labute approximate surface area is 160 Å². The lowest BCUT2D eigenvalue weighted by atomic mass is 10.1. The van der Waals surface area contributed by atoms with E-state index in [1.54, 1.807) is 6.07 Å². The van der Waals surface area contributed by atoms with E-state index in [2.05, 4.69) is 10.6 Å². The van der Waals surface area contributed by atoms with Gasteiger partial charge in [0.15, 0.2) is 0 Å². The standard InChI is InChI=1S/C21H29N3O3/c1-13(2)20(26)22-16-9-8-14(3)18(11-16)23-21(27)15-10-19(25)24(12-15)17-6-4-5-7-17/h8-9,11,13,15,17H,4-7,10,12H2,1-3H3,(H,22,26)(H,23,27). The summed E-state index contributed by atoms with van der Waals surface area (Å²) in [6.07, 6.45) is 4.72. The molecule has 6 nitrogen and oxygen atoms in total. The van der Waals surface area contributed by atoms with E-state index in [-0.39, 0.29) is 36.0 Å². The van der Waals surface area contributed by atoms with E-state index in [0.717, 1.165) is 18.4 Å². The summed E-state index contributed by atoms with van der Waals surface area (Å²) in [5.74, 6) is -0.525. The van der Waals surface area contributed by atoms with Crippen LogP contribution in [0, 0.1) is 18.8 Å². The number of nitrogens with zero attached hydrogens (tertiary/aromatic N) is 1. The van der Waals surface area contributed by atoms with Crippen LogP contribution in [0.15, 0.2) is 18.2 Å². The Kier molecular flexibility index (Phi) is 5.82. The molecule has 27 heavy (non-hydrogen) atoms. The highest BCUT2D eigenvalue weighted by atomic mass is 16.2. The SMILES string of the molecule is Cc1ccc(NC(=O)C(C)C)cc1NC(=O)C1CC(=O)N(C2CCCC2)C1. The molecule has 2 fully saturated rings. The average Bonchev–Trinajstić information content (AvgIpc) is 3.27. The highest BCUT2D eigenvalue weighted by Gasteiger charge is 2.38. The van der Waals surface area contributed by atoms with Crippen molar-refractivity contribution >= 4 is 29.1 Å². The van der Waals surface area contributed by atoms with Crippen molar-refractivity contribution in [2.45, 2.75) is 58.9 Å². The minimum atomic E-state index is -0.314. The summed E-state index contributed by atoms with van der Waals surface area (Å²) in [5, 5.41) is 5.81. The van der Waals surface area contributed by atoms with E-state index >= 15 is 0 Å². The highest BCUT2D eigenvalue weighted by molar-refractivity contribution is 5.99. The third kappa shape index (κ3) is 4.49. The molecule has 2 N–H and O–H groups in total. The van der Waals surface area contributed by atoms with E-state index in [1.807, 2.05) is 37.8 Å². The number of carbonyl (C=O) groups excluding carboxylic acids is 3. The van der Waals surface area contributed by atoms with Crippen LogP contribution in [0.25, 0.3) is 0 Å². The third-order valence-corrected chi connectivity index (χ3v) is 5.58. The maximum absolute atomic E-state index is 12.7. The Hall–Kier alpha value is -2.37. The molecule has 1 saturated heterocycles. The molecule has 1 heterocycles. The molecule has 0 spiro atoms. The number of aryl methyl sites for hydroxylation is 1. The molecular formula is C21H29N3O3. The lowest BCUT2D eigenvalue weighted by Crippen LogP contribution is -2.35. The van der Waals surface area contributed by atoms with Gasteiger partial charge in [-0.15, -0.1) is 0 Å². The molecule has 2 aliphatic rings. The van der Waals surface area contributed by atoms with Crippen LogP contribution in [0.3, 0.4) is 0 Å². The molecule has 0 aromatic heterocycles. The molecule has 1 saturated carbocycles. The largest absolute Gasteiger partial charge is 0.339 e. The fourth-order valence-electron chi connectivity index (χ4n) is 3.83. The number of nitrogens with one attached hydrogen (secondary N) is 2. The first-order chi connectivity index (χ1) is 12.8.